The van der Waals surface area contributed by atoms with Crippen LogP contribution in [0.1, 0.15) is 80.0 Å². The lowest BCUT2D eigenvalue weighted by atomic mass is 9.91. The molecule has 1 aliphatic carbocycles. The van der Waals surface area contributed by atoms with Gasteiger partial charge in [0.15, 0.2) is 0 Å². The van der Waals surface area contributed by atoms with Gasteiger partial charge in [0, 0.05) is 31.2 Å². The summed E-state index contributed by atoms with van der Waals surface area (Å²) in [7, 11) is 1.42. The Bertz CT molecular complexity index is 2790. The van der Waals surface area contributed by atoms with Crippen molar-refractivity contribution < 1.29 is 19.4 Å². The van der Waals surface area contributed by atoms with Crippen LogP contribution in [0.4, 0.5) is 15.3 Å². The molecule has 3 atom stereocenters. The summed E-state index contributed by atoms with van der Waals surface area (Å²) in [5.41, 5.74) is 16.0. The molecule has 4 heterocycles. The van der Waals surface area contributed by atoms with Crippen molar-refractivity contribution in [2.45, 2.75) is 70.5 Å². The van der Waals surface area contributed by atoms with Crippen LogP contribution in [0.3, 0.4) is 0 Å². The van der Waals surface area contributed by atoms with Gasteiger partial charge in [-0.3, -0.25) is 4.90 Å². The normalized spacial score (nSPS) is 17.4. The molecule has 2 aromatic heterocycles. The molecule has 0 saturated carbocycles. The number of benzene rings is 5. The van der Waals surface area contributed by atoms with Gasteiger partial charge < -0.3 is 30.0 Å². The number of hydrogen-bond acceptors (Lipinski definition) is 6. The van der Waals surface area contributed by atoms with Crippen molar-refractivity contribution in [3.8, 4) is 44.6 Å². The van der Waals surface area contributed by atoms with E-state index >= 15 is 0 Å². The average Bonchev–Trinajstić information content (AvgIpc) is 4.15. The number of amides is 2. The van der Waals surface area contributed by atoms with Crippen LogP contribution in [0.2, 0.25) is 0 Å². The summed E-state index contributed by atoms with van der Waals surface area (Å²) in [5, 5.41) is 12.7. The zero-order chi connectivity index (χ0) is 42.5. The number of carbonyl (C=O) groups is 2. The van der Waals surface area contributed by atoms with Gasteiger partial charge in [-0.15, -0.1) is 0 Å². The molecule has 10 rings (SSSR count). The van der Waals surface area contributed by atoms with E-state index in [1.807, 2.05) is 12.3 Å². The molecule has 0 bridgehead atoms. The third-order valence-corrected chi connectivity index (χ3v) is 13.3. The first-order valence-electron chi connectivity index (χ1n) is 21.8. The number of fused-ring (bicyclic) bond motifs is 4. The highest BCUT2D eigenvalue weighted by molar-refractivity contribution is 5.85. The lowest BCUT2D eigenvalue weighted by Crippen LogP contribution is -2.40. The Labute approximate surface area is 361 Å². The van der Waals surface area contributed by atoms with E-state index in [0.29, 0.717) is 18.8 Å². The van der Waals surface area contributed by atoms with Crippen molar-refractivity contribution >= 4 is 28.9 Å². The number of aromatic nitrogens is 4. The number of carboxylic acid groups (broad SMARTS) is 1. The molecule has 3 aliphatic rings. The smallest absolute Gasteiger partial charge is 0.407 e. The van der Waals surface area contributed by atoms with Gasteiger partial charge in [-0.05, 0) is 106 Å². The Morgan fingerprint density at radius 2 is 1.50 bits per heavy atom. The molecule has 0 radical (unpaired) electrons. The van der Waals surface area contributed by atoms with Gasteiger partial charge in [0.2, 0.25) is 0 Å². The molecular formula is C51H51N7O4. The second-order valence-corrected chi connectivity index (χ2v) is 17.3. The maximum Gasteiger partial charge on any atom is 0.407 e. The van der Waals surface area contributed by atoms with Gasteiger partial charge in [0.25, 0.3) is 0 Å². The number of methoxy groups -OCH3 is 1. The number of aromatic amines is 2. The summed E-state index contributed by atoms with van der Waals surface area (Å²) in [6, 6.07) is 36.5. The standard InChI is InChI=1S/C51H51N7O4/c1-30(2)42(56-50(59)62-3)28-37-20-22-39-38-9-5-4-8-36(38)26-40(39)47(37)57-24-6-10-45(57)48-52-29-44(55-48)34-18-16-32(17-19-34)31-12-14-33(15-13-31)35-21-23-41-43(27-35)54-49(53-41)46-11-7-25-58(46)51(60)61/h4-5,8-9,12-23,27,29-30,42,45-46H,6-7,10-11,24-26,28H2,1-3H3,(H,52,55)(H,53,54)(H,56,59)(H,60,61)/t42-,45-,46?/m0/s1. The van der Waals surface area contributed by atoms with Crippen molar-refractivity contribution in [1.29, 1.82) is 0 Å². The zero-order valence-electron chi connectivity index (χ0n) is 35.3. The number of anilines is 1. The first-order chi connectivity index (χ1) is 30.2. The molecule has 11 heteroatoms. The summed E-state index contributed by atoms with van der Waals surface area (Å²) in [5.74, 6) is 1.90. The number of nitrogens with one attached hydrogen (secondary N) is 3. The van der Waals surface area contributed by atoms with E-state index in [4.69, 9.17) is 14.7 Å². The Hall–Kier alpha value is -6.88. The Morgan fingerprint density at radius 1 is 0.806 bits per heavy atom. The maximum atomic E-state index is 12.4. The van der Waals surface area contributed by atoms with Crippen molar-refractivity contribution in [3.63, 3.8) is 0 Å². The van der Waals surface area contributed by atoms with Crippen molar-refractivity contribution in [3.05, 3.63) is 138 Å². The summed E-state index contributed by atoms with van der Waals surface area (Å²) in [4.78, 5) is 45.1. The number of rotatable bonds is 10. The molecule has 5 aromatic carbocycles. The van der Waals surface area contributed by atoms with E-state index < -0.39 is 12.2 Å². The van der Waals surface area contributed by atoms with Crippen LogP contribution in [-0.2, 0) is 17.6 Å². The number of ether oxygens (including phenoxy) is 1. The molecular weight excluding hydrogens is 775 g/mol. The fourth-order valence-corrected chi connectivity index (χ4v) is 9.98. The number of carbonyl (C=O) groups excluding carboxylic acids is 1. The minimum atomic E-state index is -0.900. The molecule has 2 fully saturated rings. The molecule has 7 aromatic rings. The lowest BCUT2D eigenvalue weighted by Gasteiger charge is -2.32. The highest BCUT2D eigenvalue weighted by Gasteiger charge is 2.35. The van der Waals surface area contributed by atoms with Crippen LogP contribution >= 0.6 is 0 Å². The zero-order valence-corrected chi connectivity index (χ0v) is 35.3. The number of likely N-dealkylation sites (tertiary alicyclic amines) is 1. The monoisotopic (exact) mass is 825 g/mol. The van der Waals surface area contributed by atoms with Crippen molar-refractivity contribution in [2.75, 3.05) is 25.1 Å². The molecule has 62 heavy (non-hydrogen) atoms. The predicted octanol–water partition coefficient (Wildman–Crippen LogP) is 10.9. The van der Waals surface area contributed by atoms with E-state index in [2.05, 4.69) is 131 Å². The molecule has 2 saturated heterocycles. The fourth-order valence-electron chi connectivity index (χ4n) is 9.98. The van der Waals surface area contributed by atoms with Crippen molar-refractivity contribution in [2.24, 2.45) is 5.92 Å². The van der Waals surface area contributed by atoms with Crippen LogP contribution < -0.4 is 10.2 Å². The second kappa shape index (κ2) is 16.2. The first kappa shape index (κ1) is 39.3. The highest BCUT2D eigenvalue weighted by atomic mass is 16.5. The van der Waals surface area contributed by atoms with E-state index in [0.717, 1.165) is 89.0 Å². The Kier molecular flexibility index (Phi) is 10.3. The highest BCUT2D eigenvalue weighted by Crippen LogP contribution is 2.47. The van der Waals surface area contributed by atoms with Gasteiger partial charge in [0.05, 0.1) is 42.1 Å². The topological polar surface area (TPSA) is 139 Å². The summed E-state index contributed by atoms with van der Waals surface area (Å²) >= 11 is 0. The number of nitrogens with zero attached hydrogens (tertiary/aromatic N) is 4. The number of hydrogen-bond donors (Lipinski definition) is 4. The summed E-state index contributed by atoms with van der Waals surface area (Å²) in [6.45, 7) is 5.75. The van der Waals surface area contributed by atoms with E-state index in [-0.39, 0.29) is 24.0 Å². The Balaban J connectivity index is 0.875. The quantitative estimate of drug-likeness (QED) is 0.108. The third-order valence-electron chi connectivity index (χ3n) is 13.3. The fraction of sp³-hybridized carbons (Fsp3) is 0.294. The van der Waals surface area contributed by atoms with Gasteiger partial charge in [-0.25, -0.2) is 19.6 Å². The number of imidazole rings is 2. The van der Waals surface area contributed by atoms with Crippen molar-refractivity contribution in [1.82, 2.24) is 30.2 Å². The van der Waals surface area contributed by atoms with Crippen LogP contribution in [0.25, 0.3) is 55.7 Å². The lowest BCUT2D eigenvalue weighted by molar-refractivity contribution is 0.139. The van der Waals surface area contributed by atoms with E-state index in [1.165, 1.54) is 45.5 Å². The molecule has 11 nitrogen and oxygen atoms in total. The molecule has 0 spiro atoms. The average molecular weight is 826 g/mol. The van der Waals surface area contributed by atoms with Crippen LogP contribution in [-0.4, -0.2) is 68.4 Å². The number of H-pyrrole nitrogens is 2. The molecule has 2 aliphatic heterocycles. The minimum absolute atomic E-state index is 0.0794. The van der Waals surface area contributed by atoms with Crippen LogP contribution in [0.5, 0.6) is 0 Å². The summed E-state index contributed by atoms with van der Waals surface area (Å²) < 4.78 is 5.02. The molecule has 314 valence electrons. The SMILES string of the molecule is COC(=O)N[C@@H](Cc1ccc2c(c1N1CCC[C@H]1c1ncc(-c3ccc(-c4ccc(-c5ccc6nc(C7CCCN7C(=O)O)[nH]c6c5)cc4)cc3)[nH]1)Cc1ccccc1-2)C(C)C. The van der Waals surface area contributed by atoms with Gasteiger partial charge in [-0.2, -0.15) is 0 Å². The summed E-state index contributed by atoms with van der Waals surface area (Å²) in [6.07, 6.45) is 5.91. The largest absolute Gasteiger partial charge is 0.465 e. The second-order valence-electron chi connectivity index (χ2n) is 17.3. The first-order valence-corrected chi connectivity index (χ1v) is 21.8. The molecule has 4 N–H and O–H groups in total. The van der Waals surface area contributed by atoms with Gasteiger partial charge in [-0.1, -0.05) is 105 Å². The van der Waals surface area contributed by atoms with E-state index in [9.17, 15) is 14.7 Å². The van der Waals surface area contributed by atoms with Gasteiger partial charge in [0.1, 0.15) is 11.6 Å². The van der Waals surface area contributed by atoms with Gasteiger partial charge >= 0.3 is 12.2 Å². The maximum absolute atomic E-state index is 12.4. The Morgan fingerprint density at radius 3 is 2.24 bits per heavy atom. The number of alkyl carbamates (subject to hydrolysis) is 1. The molecule has 2 amide bonds. The minimum Gasteiger partial charge on any atom is -0.465 e. The van der Waals surface area contributed by atoms with Crippen LogP contribution in [0, 0.1) is 5.92 Å². The van der Waals surface area contributed by atoms with Crippen LogP contribution in [0.15, 0.2) is 109 Å². The predicted molar refractivity (Wildman–Crippen MR) is 243 cm³/mol. The van der Waals surface area contributed by atoms with E-state index in [1.54, 1.807) is 0 Å². The third kappa shape index (κ3) is 7.25. The molecule has 1 unspecified atom stereocenters.